The van der Waals surface area contributed by atoms with Crippen molar-refractivity contribution in [3.05, 3.63) is 34.8 Å². The van der Waals surface area contributed by atoms with E-state index in [0.29, 0.717) is 17.1 Å². The molecule has 1 aliphatic heterocycles. The molecule has 1 aromatic carbocycles. The summed E-state index contributed by atoms with van der Waals surface area (Å²) in [7, 11) is 7.19. The van der Waals surface area contributed by atoms with Crippen molar-refractivity contribution in [2.75, 3.05) is 46.3 Å². The molecule has 1 aliphatic rings. The molecule has 1 saturated heterocycles. The second-order valence-electron chi connectivity index (χ2n) is 7.01. The number of carbonyl (C=O) groups excluding carboxylic acids is 1. The second kappa shape index (κ2) is 8.71. The first-order chi connectivity index (χ1) is 13.0. The summed E-state index contributed by atoms with van der Waals surface area (Å²) in [5, 5.41) is 1.01. The first-order valence-electron chi connectivity index (χ1n) is 9.12. The predicted octanol–water partition coefficient (Wildman–Crippen LogP) is 3.32. The van der Waals surface area contributed by atoms with Crippen molar-refractivity contribution < 1.29 is 14.3 Å². The van der Waals surface area contributed by atoms with E-state index in [9.17, 15) is 4.79 Å². The van der Waals surface area contributed by atoms with E-state index in [4.69, 9.17) is 9.47 Å². The standard InChI is InChI=1S/C20H27N3O3S/c1-22(2)20-21-11-16(27-20)13-23-9-5-6-15(12-23)19(24)14-7-8-17(25-3)18(10-14)26-4/h7-8,10-11,15H,5-6,9,12-13H2,1-4H3/t15-/m0/s1. The molecule has 1 aromatic heterocycles. The Balaban J connectivity index is 1.67. The third-order valence-corrected chi connectivity index (χ3v) is 6.00. The van der Waals surface area contributed by atoms with Crippen LogP contribution in [-0.4, -0.2) is 57.1 Å². The summed E-state index contributed by atoms with van der Waals surface area (Å²) >= 11 is 1.71. The summed E-state index contributed by atoms with van der Waals surface area (Å²) in [6, 6.07) is 5.41. The van der Waals surface area contributed by atoms with Gasteiger partial charge in [-0.15, -0.1) is 11.3 Å². The van der Waals surface area contributed by atoms with Crippen molar-refractivity contribution in [2.24, 2.45) is 5.92 Å². The normalized spacial score (nSPS) is 17.6. The van der Waals surface area contributed by atoms with Crippen LogP contribution in [0.2, 0.25) is 0 Å². The van der Waals surface area contributed by atoms with Crippen LogP contribution >= 0.6 is 11.3 Å². The van der Waals surface area contributed by atoms with Crippen LogP contribution in [0.1, 0.15) is 28.1 Å². The fourth-order valence-electron chi connectivity index (χ4n) is 3.44. The minimum Gasteiger partial charge on any atom is -0.493 e. The number of aromatic nitrogens is 1. The van der Waals surface area contributed by atoms with Crippen LogP contribution < -0.4 is 14.4 Å². The number of methoxy groups -OCH3 is 2. The molecule has 27 heavy (non-hydrogen) atoms. The maximum absolute atomic E-state index is 13.0. The van der Waals surface area contributed by atoms with Crippen molar-refractivity contribution in [3.8, 4) is 11.5 Å². The van der Waals surface area contributed by atoms with E-state index in [1.54, 1.807) is 37.7 Å². The zero-order valence-electron chi connectivity index (χ0n) is 16.4. The number of benzene rings is 1. The second-order valence-corrected chi connectivity index (χ2v) is 8.11. The van der Waals surface area contributed by atoms with Gasteiger partial charge in [0.2, 0.25) is 0 Å². The number of Topliss-reactive ketones (excluding diaryl/α,β-unsaturated/α-hetero) is 1. The highest BCUT2D eigenvalue weighted by atomic mass is 32.1. The smallest absolute Gasteiger partial charge is 0.185 e. The average molecular weight is 390 g/mol. The molecule has 0 spiro atoms. The van der Waals surface area contributed by atoms with Crippen molar-refractivity contribution >= 4 is 22.3 Å². The SMILES string of the molecule is COc1ccc(C(=O)[C@H]2CCCN(Cc3cnc(N(C)C)s3)C2)cc1OC. The van der Waals surface area contributed by atoms with Crippen LogP contribution in [-0.2, 0) is 6.54 Å². The molecule has 0 saturated carbocycles. The van der Waals surface area contributed by atoms with E-state index in [2.05, 4.69) is 9.88 Å². The molecule has 1 atom stereocenters. The maximum atomic E-state index is 13.0. The van der Waals surface area contributed by atoms with Crippen LogP contribution in [0.25, 0.3) is 0 Å². The Labute approximate surface area is 164 Å². The van der Waals surface area contributed by atoms with E-state index >= 15 is 0 Å². The first kappa shape index (κ1) is 19.6. The average Bonchev–Trinajstić information content (AvgIpc) is 3.16. The number of hydrogen-bond donors (Lipinski definition) is 0. The Morgan fingerprint density at radius 2 is 2.07 bits per heavy atom. The molecule has 2 heterocycles. The monoisotopic (exact) mass is 389 g/mol. The fourth-order valence-corrected chi connectivity index (χ4v) is 4.31. The Morgan fingerprint density at radius 3 is 2.74 bits per heavy atom. The summed E-state index contributed by atoms with van der Waals surface area (Å²) in [5.74, 6) is 1.43. The molecule has 0 unspecified atom stereocenters. The van der Waals surface area contributed by atoms with Gasteiger partial charge in [0, 0.05) is 49.7 Å². The lowest BCUT2D eigenvalue weighted by Crippen LogP contribution is -2.38. The van der Waals surface area contributed by atoms with Gasteiger partial charge in [-0.05, 0) is 37.6 Å². The minimum atomic E-state index is 0.0121. The summed E-state index contributed by atoms with van der Waals surface area (Å²) < 4.78 is 10.6. The fraction of sp³-hybridized carbons (Fsp3) is 0.500. The summed E-state index contributed by atoms with van der Waals surface area (Å²) in [5.41, 5.74) is 0.687. The number of thiazole rings is 1. The van der Waals surface area contributed by atoms with Gasteiger partial charge in [-0.25, -0.2) is 4.98 Å². The van der Waals surface area contributed by atoms with Crippen LogP contribution in [0.5, 0.6) is 11.5 Å². The molecular formula is C20H27N3O3S. The third-order valence-electron chi connectivity index (χ3n) is 4.85. The number of nitrogens with zero attached hydrogens (tertiary/aromatic N) is 3. The largest absolute Gasteiger partial charge is 0.493 e. The summed E-state index contributed by atoms with van der Waals surface area (Å²) in [6.45, 7) is 2.65. The van der Waals surface area contributed by atoms with Crippen molar-refractivity contribution in [1.29, 1.82) is 0 Å². The highest BCUT2D eigenvalue weighted by Gasteiger charge is 2.27. The number of anilines is 1. The molecule has 0 radical (unpaired) electrons. The highest BCUT2D eigenvalue weighted by Crippen LogP contribution is 2.30. The lowest BCUT2D eigenvalue weighted by molar-refractivity contribution is 0.0812. The van der Waals surface area contributed by atoms with E-state index < -0.39 is 0 Å². The molecule has 0 bridgehead atoms. The zero-order chi connectivity index (χ0) is 19.4. The van der Waals surface area contributed by atoms with Crippen LogP contribution in [0.15, 0.2) is 24.4 Å². The van der Waals surface area contributed by atoms with E-state index in [1.165, 1.54) is 4.88 Å². The van der Waals surface area contributed by atoms with Crippen molar-refractivity contribution in [1.82, 2.24) is 9.88 Å². The molecule has 0 aliphatic carbocycles. The maximum Gasteiger partial charge on any atom is 0.185 e. The van der Waals surface area contributed by atoms with Crippen molar-refractivity contribution in [2.45, 2.75) is 19.4 Å². The quantitative estimate of drug-likeness (QED) is 0.677. The predicted molar refractivity (Wildman–Crippen MR) is 108 cm³/mol. The van der Waals surface area contributed by atoms with Gasteiger partial charge in [-0.2, -0.15) is 0 Å². The molecule has 0 N–H and O–H groups in total. The molecule has 0 amide bonds. The Hall–Kier alpha value is -2.12. The molecule has 3 rings (SSSR count). The molecule has 6 nitrogen and oxygen atoms in total. The number of hydrogen-bond acceptors (Lipinski definition) is 7. The van der Waals surface area contributed by atoms with Gasteiger partial charge in [0.25, 0.3) is 0 Å². The zero-order valence-corrected chi connectivity index (χ0v) is 17.2. The molecule has 2 aromatic rings. The van der Waals surface area contributed by atoms with Gasteiger partial charge >= 0.3 is 0 Å². The van der Waals surface area contributed by atoms with Gasteiger partial charge in [0.1, 0.15) is 0 Å². The third kappa shape index (κ3) is 4.59. The highest BCUT2D eigenvalue weighted by molar-refractivity contribution is 7.15. The molecule has 146 valence electrons. The topological polar surface area (TPSA) is 54.9 Å². The lowest BCUT2D eigenvalue weighted by atomic mass is 9.90. The lowest BCUT2D eigenvalue weighted by Gasteiger charge is -2.31. The molecule has 7 heteroatoms. The Kier molecular flexibility index (Phi) is 6.34. The Morgan fingerprint density at radius 1 is 1.30 bits per heavy atom. The van der Waals surface area contributed by atoms with Gasteiger partial charge < -0.3 is 14.4 Å². The summed E-state index contributed by atoms with van der Waals surface area (Å²) in [4.78, 5) is 23.1. The minimum absolute atomic E-state index is 0.0121. The number of carbonyl (C=O) groups is 1. The van der Waals surface area contributed by atoms with Gasteiger partial charge in [0.15, 0.2) is 22.4 Å². The van der Waals surface area contributed by atoms with Gasteiger partial charge in [0.05, 0.1) is 14.2 Å². The first-order valence-corrected chi connectivity index (χ1v) is 9.94. The van der Waals surface area contributed by atoms with Crippen LogP contribution in [0, 0.1) is 5.92 Å². The number of rotatable bonds is 7. The molecular weight excluding hydrogens is 362 g/mol. The van der Waals surface area contributed by atoms with Gasteiger partial charge in [-0.1, -0.05) is 0 Å². The van der Waals surface area contributed by atoms with Gasteiger partial charge in [-0.3, -0.25) is 9.69 Å². The van der Waals surface area contributed by atoms with E-state index in [-0.39, 0.29) is 11.7 Å². The van der Waals surface area contributed by atoms with Crippen molar-refractivity contribution in [3.63, 3.8) is 0 Å². The summed E-state index contributed by atoms with van der Waals surface area (Å²) in [6.07, 6.45) is 3.90. The molecule has 1 fully saturated rings. The number of ether oxygens (including phenoxy) is 2. The van der Waals surface area contributed by atoms with Crippen LogP contribution in [0.4, 0.5) is 5.13 Å². The number of ketones is 1. The van der Waals surface area contributed by atoms with Crippen LogP contribution in [0.3, 0.4) is 0 Å². The number of piperidine rings is 1. The Bertz CT molecular complexity index is 791. The number of likely N-dealkylation sites (tertiary alicyclic amines) is 1. The van der Waals surface area contributed by atoms with E-state index in [1.807, 2.05) is 31.3 Å². The van der Waals surface area contributed by atoms with E-state index in [0.717, 1.165) is 37.6 Å².